The summed E-state index contributed by atoms with van der Waals surface area (Å²) in [6.07, 6.45) is 1.33. The number of rotatable bonds is 7. The number of carbonyl (C=O) groups excluding carboxylic acids is 2. The summed E-state index contributed by atoms with van der Waals surface area (Å²) in [6, 6.07) is 15.6. The highest BCUT2D eigenvalue weighted by Crippen LogP contribution is 2.27. The molecule has 1 atom stereocenters. The van der Waals surface area contributed by atoms with Crippen LogP contribution in [0.1, 0.15) is 26.2 Å². The number of para-hydroxylation sites is 2. The van der Waals surface area contributed by atoms with E-state index in [0.29, 0.717) is 29.5 Å². The van der Waals surface area contributed by atoms with Crippen LogP contribution in [0.4, 0.5) is 10.3 Å². The Labute approximate surface area is 176 Å². The Morgan fingerprint density at radius 3 is 1.93 bits per heavy atom. The van der Waals surface area contributed by atoms with Crippen molar-refractivity contribution in [1.29, 1.82) is 0 Å². The Morgan fingerprint density at radius 1 is 0.862 bits per heavy atom. The molecular formula is C21H20N4O2S2. The minimum absolute atomic E-state index is 0.0804. The summed E-state index contributed by atoms with van der Waals surface area (Å²) < 4.78 is 2.09. The normalized spacial score (nSPS) is 12.2. The molecule has 2 aromatic heterocycles. The maximum Gasteiger partial charge on any atom is 0.226 e. The number of nitrogens with zero attached hydrogens (tertiary/aromatic N) is 2. The van der Waals surface area contributed by atoms with E-state index in [1.807, 2.05) is 55.5 Å². The summed E-state index contributed by atoms with van der Waals surface area (Å²) in [5.74, 6) is -0.0730. The van der Waals surface area contributed by atoms with Crippen LogP contribution in [0.2, 0.25) is 0 Å². The molecule has 0 bridgehead atoms. The molecule has 2 amide bonds. The van der Waals surface area contributed by atoms with Crippen molar-refractivity contribution in [3.05, 3.63) is 48.5 Å². The van der Waals surface area contributed by atoms with Gasteiger partial charge in [0.15, 0.2) is 10.3 Å². The molecule has 0 saturated heterocycles. The van der Waals surface area contributed by atoms with Gasteiger partial charge in [0.2, 0.25) is 11.8 Å². The van der Waals surface area contributed by atoms with Crippen molar-refractivity contribution in [1.82, 2.24) is 9.97 Å². The number of carbonyl (C=O) groups is 2. The molecule has 8 heteroatoms. The van der Waals surface area contributed by atoms with Crippen LogP contribution in [-0.4, -0.2) is 21.8 Å². The van der Waals surface area contributed by atoms with Gasteiger partial charge in [0.05, 0.1) is 20.4 Å². The second-order valence-corrected chi connectivity index (χ2v) is 8.98. The zero-order valence-electron chi connectivity index (χ0n) is 15.8. The molecule has 2 heterocycles. The summed E-state index contributed by atoms with van der Waals surface area (Å²) in [4.78, 5) is 33.3. The van der Waals surface area contributed by atoms with Crippen molar-refractivity contribution in [2.75, 3.05) is 10.6 Å². The molecule has 0 aliphatic rings. The highest BCUT2D eigenvalue weighted by atomic mass is 32.1. The average molecular weight is 425 g/mol. The van der Waals surface area contributed by atoms with E-state index in [-0.39, 0.29) is 17.7 Å². The van der Waals surface area contributed by atoms with E-state index in [9.17, 15) is 9.59 Å². The van der Waals surface area contributed by atoms with Crippen LogP contribution in [-0.2, 0) is 9.59 Å². The summed E-state index contributed by atoms with van der Waals surface area (Å²) >= 11 is 2.92. The first-order valence-electron chi connectivity index (χ1n) is 9.37. The van der Waals surface area contributed by atoms with Crippen LogP contribution in [0.5, 0.6) is 0 Å². The molecule has 0 unspecified atom stereocenters. The fourth-order valence-electron chi connectivity index (χ4n) is 3.00. The second kappa shape index (κ2) is 8.67. The third kappa shape index (κ3) is 4.96. The van der Waals surface area contributed by atoms with E-state index < -0.39 is 0 Å². The van der Waals surface area contributed by atoms with Crippen LogP contribution in [0, 0.1) is 5.92 Å². The summed E-state index contributed by atoms with van der Waals surface area (Å²) in [6.45, 7) is 1.98. The van der Waals surface area contributed by atoms with E-state index >= 15 is 0 Å². The van der Waals surface area contributed by atoms with E-state index in [1.165, 1.54) is 22.7 Å². The molecule has 148 valence electrons. The highest BCUT2D eigenvalue weighted by Gasteiger charge is 2.14. The molecule has 2 N–H and O–H groups in total. The zero-order chi connectivity index (χ0) is 20.2. The van der Waals surface area contributed by atoms with Crippen molar-refractivity contribution in [2.24, 2.45) is 5.92 Å². The van der Waals surface area contributed by atoms with Gasteiger partial charge in [-0.15, -0.1) is 0 Å². The molecule has 4 rings (SSSR count). The third-order valence-electron chi connectivity index (χ3n) is 4.48. The predicted octanol–water partition coefficient (Wildman–Crippen LogP) is 5.29. The van der Waals surface area contributed by atoms with Gasteiger partial charge in [-0.1, -0.05) is 53.9 Å². The Balaban J connectivity index is 1.23. The highest BCUT2D eigenvalue weighted by molar-refractivity contribution is 7.22. The van der Waals surface area contributed by atoms with Crippen molar-refractivity contribution in [3.8, 4) is 0 Å². The first-order chi connectivity index (χ1) is 14.1. The minimum atomic E-state index is -0.0810. The number of amides is 2. The number of hydrogen-bond donors (Lipinski definition) is 2. The molecule has 0 saturated carbocycles. The summed E-state index contributed by atoms with van der Waals surface area (Å²) in [7, 11) is 0. The van der Waals surface area contributed by atoms with Crippen LogP contribution >= 0.6 is 22.7 Å². The van der Waals surface area contributed by atoms with Crippen LogP contribution in [0.15, 0.2) is 48.5 Å². The Hall–Kier alpha value is -2.84. The van der Waals surface area contributed by atoms with Crippen molar-refractivity contribution in [3.63, 3.8) is 0 Å². The van der Waals surface area contributed by atoms with Gasteiger partial charge in [0, 0.05) is 12.8 Å². The predicted molar refractivity (Wildman–Crippen MR) is 120 cm³/mol. The maximum atomic E-state index is 12.3. The molecule has 0 fully saturated rings. The summed E-state index contributed by atoms with van der Waals surface area (Å²) in [5.41, 5.74) is 1.76. The largest absolute Gasteiger partial charge is 0.302 e. The van der Waals surface area contributed by atoms with Crippen LogP contribution in [0.25, 0.3) is 20.4 Å². The monoisotopic (exact) mass is 424 g/mol. The van der Waals surface area contributed by atoms with Gasteiger partial charge >= 0.3 is 0 Å². The molecule has 2 aromatic carbocycles. The van der Waals surface area contributed by atoms with Gasteiger partial charge < -0.3 is 10.6 Å². The number of anilines is 2. The van der Waals surface area contributed by atoms with Crippen LogP contribution < -0.4 is 10.6 Å². The first kappa shape index (κ1) is 19.5. The maximum absolute atomic E-state index is 12.3. The van der Waals surface area contributed by atoms with Gasteiger partial charge in [-0.3, -0.25) is 9.59 Å². The zero-order valence-corrected chi connectivity index (χ0v) is 17.5. The molecule has 6 nitrogen and oxygen atoms in total. The summed E-state index contributed by atoms with van der Waals surface area (Å²) in [5, 5.41) is 6.94. The Morgan fingerprint density at radius 2 is 1.38 bits per heavy atom. The number of aromatic nitrogens is 2. The number of thiazole rings is 2. The van der Waals surface area contributed by atoms with Crippen molar-refractivity contribution in [2.45, 2.75) is 26.2 Å². The fraction of sp³-hybridized carbons (Fsp3) is 0.238. The lowest BCUT2D eigenvalue weighted by Crippen LogP contribution is -2.17. The van der Waals surface area contributed by atoms with Gasteiger partial charge in [-0.2, -0.15) is 0 Å². The molecular weight excluding hydrogens is 404 g/mol. The molecule has 0 aliphatic heterocycles. The van der Waals surface area contributed by atoms with Gasteiger partial charge in [-0.05, 0) is 36.6 Å². The van der Waals surface area contributed by atoms with E-state index in [0.717, 1.165) is 20.4 Å². The van der Waals surface area contributed by atoms with Gasteiger partial charge in [0.1, 0.15) is 0 Å². The average Bonchev–Trinajstić information content (AvgIpc) is 3.28. The minimum Gasteiger partial charge on any atom is -0.302 e. The lowest BCUT2D eigenvalue weighted by atomic mass is 10.0. The second-order valence-electron chi connectivity index (χ2n) is 6.92. The number of fused-ring (bicyclic) bond motifs is 2. The SMILES string of the molecule is C[C@H](CCC(=O)Nc1nc2ccccc2s1)CC(=O)Nc1nc2ccccc2s1. The molecule has 29 heavy (non-hydrogen) atoms. The number of hydrogen-bond acceptors (Lipinski definition) is 6. The van der Waals surface area contributed by atoms with E-state index in [1.54, 1.807) is 0 Å². The van der Waals surface area contributed by atoms with Gasteiger partial charge in [-0.25, -0.2) is 9.97 Å². The Bertz CT molecular complexity index is 1100. The fourth-order valence-corrected chi connectivity index (χ4v) is 4.76. The smallest absolute Gasteiger partial charge is 0.226 e. The lowest BCUT2D eigenvalue weighted by Gasteiger charge is -2.10. The quantitative estimate of drug-likeness (QED) is 0.422. The lowest BCUT2D eigenvalue weighted by molar-refractivity contribution is -0.118. The Kier molecular flexibility index (Phi) is 5.82. The third-order valence-corrected chi connectivity index (χ3v) is 6.38. The topological polar surface area (TPSA) is 84.0 Å². The van der Waals surface area contributed by atoms with Crippen molar-refractivity contribution >= 4 is 65.2 Å². The molecule has 0 spiro atoms. The van der Waals surface area contributed by atoms with Crippen molar-refractivity contribution < 1.29 is 9.59 Å². The molecule has 0 radical (unpaired) electrons. The van der Waals surface area contributed by atoms with E-state index in [4.69, 9.17) is 0 Å². The molecule has 0 aliphatic carbocycles. The number of nitrogens with one attached hydrogen (secondary N) is 2. The molecule has 4 aromatic rings. The van der Waals surface area contributed by atoms with Crippen LogP contribution in [0.3, 0.4) is 0 Å². The van der Waals surface area contributed by atoms with Gasteiger partial charge in [0.25, 0.3) is 0 Å². The standard InChI is InChI=1S/C21H20N4O2S2/c1-13(12-19(27)25-21-23-15-7-3-5-9-17(15)29-21)10-11-18(26)24-20-22-14-6-2-4-8-16(14)28-20/h2-9,13H,10-12H2,1H3,(H,22,24,26)(H,23,25,27)/t13-/m1/s1. The first-order valence-corrected chi connectivity index (χ1v) is 11.0. The number of benzene rings is 2. The van der Waals surface area contributed by atoms with E-state index in [2.05, 4.69) is 20.6 Å².